The normalized spacial score (nSPS) is 16.7. The van der Waals surface area contributed by atoms with E-state index in [0.717, 1.165) is 53.8 Å². The quantitative estimate of drug-likeness (QED) is 0.284. The van der Waals surface area contributed by atoms with Crippen LogP contribution in [-0.2, 0) is 29.2 Å². The first-order chi connectivity index (χ1) is 20.0. The second-order valence-electron chi connectivity index (χ2n) is 9.92. The zero-order valence-electron chi connectivity index (χ0n) is 22.4. The molecule has 4 heterocycles. The van der Waals surface area contributed by atoms with Gasteiger partial charge in [0, 0.05) is 25.9 Å². The average molecular weight is 555 g/mol. The summed E-state index contributed by atoms with van der Waals surface area (Å²) in [4.78, 5) is 28.2. The lowest BCUT2D eigenvalue weighted by Gasteiger charge is -2.28. The van der Waals surface area contributed by atoms with E-state index >= 15 is 0 Å². The summed E-state index contributed by atoms with van der Waals surface area (Å²) in [5.74, 6) is 0.373. The molecule has 2 aliphatic heterocycles. The summed E-state index contributed by atoms with van der Waals surface area (Å²) < 4.78 is 32.5. The van der Waals surface area contributed by atoms with Crippen LogP contribution in [-0.4, -0.2) is 63.3 Å². The summed E-state index contributed by atoms with van der Waals surface area (Å²) in [7, 11) is 1.37. The molecule has 6 rings (SSSR count). The Morgan fingerprint density at radius 1 is 1.22 bits per heavy atom. The monoisotopic (exact) mass is 554 g/mol. The minimum atomic E-state index is -0.606. The number of hydrogen-bond acceptors (Lipinski definition) is 9. The minimum absolute atomic E-state index is 0.00548. The molecule has 0 amide bonds. The van der Waals surface area contributed by atoms with Crippen LogP contribution in [0.4, 0.5) is 4.39 Å². The number of hydrogen-bond donors (Lipinski definition) is 0. The highest BCUT2D eigenvalue weighted by Crippen LogP contribution is 2.26. The molecule has 1 saturated heterocycles. The Labute approximate surface area is 235 Å². The predicted octanol–water partition coefficient (Wildman–Crippen LogP) is 3.89. The average Bonchev–Trinajstić information content (AvgIpc) is 3.58. The number of fused-ring (bicyclic) bond motifs is 1. The number of nitrogens with zero attached hydrogens (tertiary/aromatic N) is 6. The number of carbonyl (C=O) groups is 1. The molecule has 0 aliphatic carbocycles. The SMILES string of the molecule is COC(=O)c1ccc2nc(CN3CC=C(c4ccnc(COc5ccc(C#N)cc5F)n4)C3)n(CC3CCO3)c2c1. The Hall–Kier alpha value is -4.66. The van der Waals surface area contributed by atoms with Crippen molar-refractivity contribution >= 4 is 22.6 Å². The van der Waals surface area contributed by atoms with Gasteiger partial charge in [0.15, 0.2) is 17.4 Å². The second-order valence-corrected chi connectivity index (χ2v) is 9.92. The van der Waals surface area contributed by atoms with E-state index < -0.39 is 5.82 Å². The van der Waals surface area contributed by atoms with Gasteiger partial charge in [0.25, 0.3) is 0 Å². The molecule has 4 aromatic rings. The molecular weight excluding hydrogens is 527 g/mol. The fourth-order valence-electron chi connectivity index (χ4n) is 4.97. The lowest BCUT2D eigenvalue weighted by molar-refractivity contribution is -0.0591. The fourth-order valence-corrected chi connectivity index (χ4v) is 4.97. The van der Waals surface area contributed by atoms with Gasteiger partial charge >= 0.3 is 5.97 Å². The number of rotatable bonds is 9. The number of nitriles is 1. The molecule has 2 aromatic carbocycles. The van der Waals surface area contributed by atoms with Gasteiger partial charge in [-0.15, -0.1) is 0 Å². The van der Waals surface area contributed by atoms with Crippen LogP contribution in [0.2, 0.25) is 0 Å². The summed E-state index contributed by atoms with van der Waals surface area (Å²) in [6.45, 7) is 3.41. The molecular formula is C30H27FN6O4. The van der Waals surface area contributed by atoms with Crippen LogP contribution in [0.25, 0.3) is 16.6 Å². The largest absolute Gasteiger partial charge is 0.483 e. The van der Waals surface area contributed by atoms with Crippen LogP contribution < -0.4 is 4.74 Å². The van der Waals surface area contributed by atoms with Crippen LogP contribution in [0.15, 0.2) is 54.7 Å². The molecule has 0 bridgehead atoms. The fraction of sp³-hybridized carbons (Fsp3) is 0.300. The van der Waals surface area contributed by atoms with Gasteiger partial charge in [-0.3, -0.25) is 4.90 Å². The van der Waals surface area contributed by atoms with Crippen LogP contribution in [0, 0.1) is 17.1 Å². The van der Waals surface area contributed by atoms with Gasteiger partial charge in [-0.05, 0) is 54.5 Å². The van der Waals surface area contributed by atoms with E-state index in [9.17, 15) is 9.18 Å². The van der Waals surface area contributed by atoms with Crippen molar-refractivity contribution in [3.8, 4) is 11.8 Å². The third kappa shape index (κ3) is 5.66. The van der Waals surface area contributed by atoms with Crippen molar-refractivity contribution in [1.29, 1.82) is 5.26 Å². The second kappa shape index (κ2) is 11.4. The number of benzene rings is 2. The maximum atomic E-state index is 14.2. The first-order valence-electron chi connectivity index (χ1n) is 13.3. The van der Waals surface area contributed by atoms with Gasteiger partial charge < -0.3 is 18.8 Å². The third-order valence-corrected chi connectivity index (χ3v) is 7.24. The molecule has 0 saturated carbocycles. The van der Waals surface area contributed by atoms with Crippen LogP contribution in [0.1, 0.15) is 39.7 Å². The zero-order valence-corrected chi connectivity index (χ0v) is 22.4. The Morgan fingerprint density at radius 2 is 2.10 bits per heavy atom. The van der Waals surface area contributed by atoms with E-state index in [1.807, 2.05) is 24.3 Å². The molecule has 0 N–H and O–H groups in total. The Bertz CT molecular complexity index is 1690. The Morgan fingerprint density at radius 3 is 2.85 bits per heavy atom. The molecule has 41 heavy (non-hydrogen) atoms. The lowest BCUT2D eigenvalue weighted by Crippen LogP contribution is -2.32. The summed E-state index contributed by atoms with van der Waals surface area (Å²) in [5.41, 5.74) is 4.24. The molecule has 1 atom stereocenters. The van der Waals surface area contributed by atoms with Crippen molar-refractivity contribution < 1.29 is 23.4 Å². The van der Waals surface area contributed by atoms with Gasteiger partial charge in [0.05, 0.1) is 60.2 Å². The standard InChI is InChI=1S/C30H27FN6O4/c1-39-30(38)20-3-4-25-26(13-20)37(16-22-8-11-40-22)29(35-25)17-36-10-7-21(15-36)24-6-9-33-28(34-24)18-41-27-5-2-19(14-32)12-23(27)31/h2-7,9,12-13,22H,8,10-11,15-18H2,1H3. The molecule has 2 aromatic heterocycles. The van der Waals surface area contributed by atoms with E-state index in [1.54, 1.807) is 12.3 Å². The maximum Gasteiger partial charge on any atom is 0.337 e. The number of carbonyl (C=O) groups excluding carboxylic acids is 1. The lowest BCUT2D eigenvalue weighted by atomic mass is 10.1. The molecule has 1 fully saturated rings. The number of methoxy groups -OCH3 is 1. The van der Waals surface area contributed by atoms with E-state index in [-0.39, 0.29) is 30.0 Å². The van der Waals surface area contributed by atoms with Gasteiger partial charge in [0.1, 0.15) is 12.4 Å². The number of aromatic nitrogens is 4. The molecule has 0 spiro atoms. The van der Waals surface area contributed by atoms with Crippen molar-refractivity contribution in [2.45, 2.75) is 32.2 Å². The van der Waals surface area contributed by atoms with Crippen molar-refractivity contribution in [2.24, 2.45) is 0 Å². The van der Waals surface area contributed by atoms with Gasteiger partial charge in [-0.25, -0.2) is 24.1 Å². The van der Waals surface area contributed by atoms with Gasteiger partial charge in [-0.1, -0.05) is 6.08 Å². The van der Waals surface area contributed by atoms with E-state index in [2.05, 4.69) is 25.5 Å². The van der Waals surface area contributed by atoms with Gasteiger partial charge in [-0.2, -0.15) is 5.26 Å². The van der Waals surface area contributed by atoms with Crippen LogP contribution in [0.3, 0.4) is 0 Å². The summed E-state index contributed by atoms with van der Waals surface area (Å²) in [6.07, 6.45) is 4.91. The van der Waals surface area contributed by atoms with E-state index in [0.29, 0.717) is 31.0 Å². The van der Waals surface area contributed by atoms with Crippen molar-refractivity contribution in [2.75, 3.05) is 26.8 Å². The molecule has 10 nitrogen and oxygen atoms in total. The third-order valence-electron chi connectivity index (χ3n) is 7.24. The number of ether oxygens (including phenoxy) is 3. The maximum absolute atomic E-state index is 14.2. The summed E-state index contributed by atoms with van der Waals surface area (Å²) in [6, 6.07) is 13.2. The smallest absolute Gasteiger partial charge is 0.337 e. The molecule has 2 aliphatic rings. The van der Waals surface area contributed by atoms with Crippen molar-refractivity contribution in [1.82, 2.24) is 24.4 Å². The first kappa shape index (κ1) is 26.6. The van der Waals surface area contributed by atoms with Crippen molar-refractivity contribution in [3.63, 3.8) is 0 Å². The van der Waals surface area contributed by atoms with Gasteiger partial charge in [0.2, 0.25) is 0 Å². The highest BCUT2D eigenvalue weighted by Gasteiger charge is 2.25. The molecule has 208 valence electrons. The molecule has 0 radical (unpaired) electrons. The first-order valence-corrected chi connectivity index (χ1v) is 13.3. The number of halogens is 1. The number of imidazole rings is 1. The van der Waals surface area contributed by atoms with Crippen LogP contribution in [0.5, 0.6) is 5.75 Å². The Kier molecular flexibility index (Phi) is 7.41. The van der Waals surface area contributed by atoms with E-state index in [4.69, 9.17) is 24.5 Å². The highest BCUT2D eigenvalue weighted by atomic mass is 19.1. The minimum Gasteiger partial charge on any atom is -0.483 e. The zero-order chi connectivity index (χ0) is 28.3. The topological polar surface area (TPSA) is 115 Å². The van der Waals surface area contributed by atoms with Crippen molar-refractivity contribution in [3.05, 3.63) is 89.0 Å². The van der Waals surface area contributed by atoms with Crippen LogP contribution >= 0.6 is 0 Å². The highest BCUT2D eigenvalue weighted by molar-refractivity contribution is 5.93. The molecule has 11 heteroatoms. The summed E-state index contributed by atoms with van der Waals surface area (Å²) in [5, 5.41) is 8.92. The van der Waals surface area contributed by atoms with E-state index in [1.165, 1.54) is 19.2 Å². The summed E-state index contributed by atoms with van der Waals surface area (Å²) >= 11 is 0. The predicted molar refractivity (Wildman–Crippen MR) is 146 cm³/mol. The molecule has 1 unspecified atom stereocenters. The number of esters is 1. The Balaban J connectivity index is 1.15.